The van der Waals surface area contributed by atoms with Crippen molar-refractivity contribution in [3.05, 3.63) is 6.92 Å². The van der Waals surface area contributed by atoms with E-state index >= 15 is 0 Å². The van der Waals surface area contributed by atoms with Gasteiger partial charge >= 0.3 is 29.3 Å². The van der Waals surface area contributed by atoms with E-state index in [1.54, 1.807) is 0 Å². The minimum absolute atomic E-state index is 0. The minimum atomic E-state index is -3.66. The Labute approximate surface area is 87.1 Å². The summed E-state index contributed by atoms with van der Waals surface area (Å²) in [5.41, 5.74) is 0. The van der Waals surface area contributed by atoms with Crippen LogP contribution in [0.1, 0.15) is 19.8 Å². The van der Waals surface area contributed by atoms with Crippen LogP contribution in [0.3, 0.4) is 0 Å². The van der Waals surface area contributed by atoms with Crippen LogP contribution in [0.15, 0.2) is 0 Å². The quantitative estimate of drug-likeness (QED) is 0.387. The maximum absolute atomic E-state index is 9.92. The Morgan fingerprint density at radius 2 is 1.50 bits per heavy atom. The van der Waals surface area contributed by atoms with Crippen molar-refractivity contribution in [3.63, 3.8) is 0 Å². The Hall–Kier alpha value is 0.467. The molecule has 0 saturated heterocycles. The molecule has 0 aromatic carbocycles. The second-order valence-corrected chi connectivity index (χ2v) is 3.08. The van der Waals surface area contributed by atoms with E-state index in [4.69, 9.17) is 0 Å². The molecule has 0 amide bonds. The summed E-state index contributed by atoms with van der Waals surface area (Å²) >= 11 is 0. The Bertz CT molecular complexity index is 143. The fourth-order valence-corrected chi connectivity index (χ4v) is 0.204. The maximum atomic E-state index is 9.92. The molecular formula is C6H15LiO4S. The molecule has 12 heavy (non-hydrogen) atoms. The Morgan fingerprint density at radius 1 is 1.25 bits per heavy atom. The molecule has 0 aliphatic carbocycles. The molecule has 0 aromatic heterocycles. The molecule has 0 fully saturated rings. The number of rotatable bonds is 3. The van der Waals surface area contributed by atoms with Crippen LogP contribution in [-0.2, 0) is 18.8 Å². The molecule has 0 bridgehead atoms. The normalized spacial score (nSPS) is 9.33. The first-order chi connectivity index (χ1) is 5.04. The second-order valence-electron chi connectivity index (χ2n) is 1.60. The van der Waals surface area contributed by atoms with Crippen LogP contribution in [0, 0.1) is 6.92 Å². The van der Waals surface area contributed by atoms with Crippen LogP contribution >= 0.6 is 0 Å². The van der Waals surface area contributed by atoms with Crippen molar-refractivity contribution >= 4 is 10.4 Å². The summed E-state index contributed by atoms with van der Waals surface area (Å²) in [4.78, 5) is 0. The van der Waals surface area contributed by atoms with Crippen LogP contribution in [0.2, 0.25) is 0 Å². The van der Waals surface area contributed by atoms with Gasteiger partial charge in [0.25, 0.3) is 0 Å². The molecule has 0 aliphatic rings. The maximum Gasteiger partial charge on any atom is 1.00 e. The summed E-state index contributed by atoms with van der Waals surface area (Å²) in [6, 6.07) is 0. The molecule has 4 nitrogen and oxygen atoms in total. The molecule has 6 heteroatoms. The summed E-state index contributed by atoms with van der Waals surface area (Å²) in [5.74, 6) is 0. The number of hydrogen-bond donors (Lipinski definition) is 0. The largest absolute Gasteiger partial charge is 1.00 e. The summed E-state index contributed by atoms with van der Waals surface area (Å²) in [6.45, 7) is 5.72. The molecular weight excluding hydrogens is 175 g/mol. The molecule has 0 unspecified atom stereocenters. The third-order valence-corrected chi connectivity index (χ3v) is 1.58. The van der Waals surface area contributed by atoms with E-state index in [1.807, 2.05) is 0 Å². The molecule has 0 rings (SSSR count). The second kappa shape index (κ2) is 11.5. The summed E-state index contributed by atoms with van der Waals surface area (Å²) in [7, 11) is -1.60. The molecule has 0 atom stereocenters. The molecule has 0 N–H and O–H groups in total. The van der Waals surface area contributed by atoms with Crippen molar-refractivity contribution in [2.24, 2.45) is 0 Å². The van der Waals surface area contributed by atoms with E-state index in [0.717, 1.165) is 20.6 Å². The van der Waals surface area contributed by atoms with Gasteiger partial charge in [-0.3, -0.25) is 8.37 Å². The fourth-order valence-electron chi connectivity index (χ4n) is 0.0680. The van der Waals surface area contributed by atoms with Crippen molar-refractivity contribution in [2.45, 2.75) is 19.8 Å². The average molecular weight is 190 g/mol. The summed E-state index contributed by atoms with van der Waals surface area (Å²) in [5, 5.41) is 0. The van der Waals surface area contributed by atoms with Gasteiger partial charge in [-0.1, -0.05) is 13.3 Å². The van der Waals surface area contributed by atoms with Gasteiger partial charge < -0.3 is 6.92 Å². The van der Waals surface area contributed by atoms with Gasteiger partial charge in [0.15, 0.2) is 0 Å². The molecule has 0 aliphatic heterocycles. The van der Waals surface area contributed by atoms with Gasteiger partial charge in [0, 0.05) is 0 Å². The zero-order chi connectivity index (χ0) is 9.33. The number of unbranched alkanes of at least 4 members (excludes halogenated alkanes) is 1. The van der Waals surface area contributed by atoms with Crippen LogP contribution in [0.4, 0.5) is 0 Å². The Kier molecular flexibility index (Phi) is 17.5. The van der Waals surface area contributed by atoms with Crippen LogP contribution in [0.5, 0.6) is 0 Å². The van der Waals surface area contributed by atoms with E-state index in [-0.39, 0.29) is 18.9 Å². The van der Waals surface area contributed by atoms with Crippen LogP contribution in [-0.4, -0.2) is 22.6 Å². The summed E-state index contributed by atoms with van der Waals surface area (Å²) < 4.78 is 27.5. The van der Waals surface area contributed by atoms with E-state index < -0.39 is 10.4 Å². The van der Waals surface area contributed by atoms with Gasteiger partial charge in [-0.15, -0.1) is 0 Å². The Morgan fingerprint density at radius 3 is 1.50 bits per heavy atom. The van der Waals surface area contributed by atoms with Gasteiger partial charge in [0.2, 0.25) is 0 Å². The molecule has 0 saturated carbocycles. The SMILES string of the molecule is COS(=O)(=O)OC.[CH2-]CCC.[Li+]. The van der Waals surface area contributed by atoms with Gasteiger partial charge in [-0.2, -0.15) is 14.8 Å². The van der Waals surface area contributed by atoms with E-state index in [9.17, 15) is 8.42 Å². The third-order valence-electron chi connectivity index (χ3n) is 0.762. The van der Waals surface area contributed by atoms with Crippen LogP contribution in [0.25, 0.3) is 0 Å². The van der Waals surface area contributed by atoms with Crippen molar-refractivity contribution in [1.82, 2.24) is 0 Å². The monoisotopic (exact) mass is 190 g/mol. The third kappa shape index (κ3) is 16.8. The zero-order valence-electron chi connectivity index (χ0n) is 8.16. The van der Waals surface area contributed by atoms with E-state index in [2.05, 4.69) is 22.2 Å². The van der Waals surface area contributed by atoms with E-state index in [0.29, 0.717) is 0 Å². The van der Waals surface area contributed by atoms with Gasteiger partial charge in [0.1, 0.15) is 0 Å². The van der Waals surface area contributed by atoms with Crippen LogP contribution < -0.4 is 18.9 Å². The van der Waals surface area contributed by atoms with Gasteiger partial charge in [-0.05, 0) is 0 Å². The predicted molar refractivity (Wildman–Crippen MR) is 43.2 cm³/mol. The van der Waals surface area contributed by atoms with Crippen molar-refractivity contribution < 1.29 is 35.6 Å². The topological polar surface area (TPSA) is 52.6 Å². The fraction of sp³-hybridized carbons (Fsp3) is 0.833. The number of hydrogen-bond acceptors (Lipinski definition) is 4. The Balaban J connectivity index is -0.000000142. The molecule has 0 spiro atoms. The minimum Gasteiger partial charge on any atom is -0.343 e. The van der Waals surface area contributed by atoms with Gasteiger partial charge in [0.05, 0.1) is 14.2 Å². The standard InChI is InChI=1S/C4H9.C2H6O4S.Li/c1-3-4-2;1-5-7(3,4)6-2;/h1,3-4H2,2H3;1-2H3;/q-1;;+1. The first-order valence-corrected chi connectivity index (χ1v) is 4.52. The molecule has 0 heterocycles. The van der Waals surface area contributed by atoms with Gasteiger partial charge in [-0.25, -0.2) is 0 Å². The first kappa shape index (κ1) is 18.3. The average Bonchev–Trinajstić information content (AvgIpc) is 2.05. The van der Waals surface area contributed by atoms with Crippen molar-refractivity contribution in [2.75, 3.05) is 14.2 Å². The first-order valence-electron chi connectivity index (χ1n) is 3.19. The van der Waals surface area contributed by atoms with Crippen molar-refractivity contribution in [1.29, 1.82) is 0 Å². The summed E-state index contributed by atoms with van der Waals surface area (Å²) in [6.07, 6.45) is 2.28. The van der Waals surface area contributed by atoms with E-state index in [1.165, 1.54) is 6.42 Å². The molecule has 0 aromatic rings. The smallest absolute Gasteiger partial charge is 0.343 e. The van der Waals surface area contributed by atoms with Crippen molar-refractivity contribution in [3.8, 4) is 0 Å². The molecule has 0 radical (unpaired) electrons. The predicted octanol–water partition coefficient (Wildman–Crippen LogP) is -1.85. The zero-order valence-corrected chi connectivity index (χ0v) is 8.98. The molecule has 70 valence electrons.